The van der Waals surface area contributed by atoms with Crippen molar-refractivity contribution in [3.8, 4) is 11.3 Å². The van der Waals surface area contributed by atoms with Crippen LogP contribution in [0.2, 0.25) is 5.02 Å². The molecule has 0 radical (unpaired) electrons. The van der Waals surface area contributed by atoms with E-state index in [0.29, 0.717) is 27.9 Å². The Morgan fingerprint density at radius 1 is 1.21 bits per heavy atom. The molecule has 4 aromatic rings. The lowest BCUT2D eigenvalue weighted by Crippen LogP contribution is -2.02. The normalized spacial score (nSPS) is 11.2. The Balaban J connectivity index is 1.57. The molecule has 0 atom stereocenters. The van der Waals surface area contributed by atoms with Crippen LogP contribution in [0.5, 0.6) is 0 Å². The molecule has 0 amide bonds. The second kappa shape index (κ2) is 7.73. The Labute approximate surface area is 172 Å². The number of nitrogens with one attached hydrogen (secondary N) is 2. The van der Waals surface area contributed by atoms with E-state index in [0.717, 1.165) is 35.4 Å². The summed E-state index contributed by atoms with van der Waals surface area (Å²) < 4.78 is 4.04. The van der Waals surface area contributed by atoms with Gasteiger partial charge in [-0.3, -0.25) is 4.68 Å². The van der Waals surface area contributed by atoms with Crippen LogP contribution >= 0.6 is 23.8 Å². The number of rotatable bonds is 6. The number of benzene rings is 1. The average molecular weight is 414 g/mol. The highest BCUT2D eigenvalue weighted by Crippen LogP contribution is 2.24. The van der Waals surface area contributed by atoms with Gasteiger partial charge in [0.2, 0.25) is 11.7 Å². The van der Waals surface area contributed by atoms with Crippen LogP contribution in [0, 0.1) is 4.64 Å². The number of hydrogen-bond acceptors (Lipinski definition) is 5. The summed E-state index contributed by atoms with van der Waals surface area (Å²) in [5.74, 6) is 1.13. The molecule has 3 heterocycles. The van der Waals surface area contributed by atoms with Crippen molar-refractivity contribution in [3.63, 3.8) is 0 Å². The maximum atomic E-state index is 6.38. The molecule has 0 saturated heterocycles. The monoisotopic (exact) mass is 413 g/mol. The quantitative estimate of drug-likeness (QED) is 0.458. The minimum atomic E-state index is 0.491. The van der Waals surface area contributed by atoms with E-state index >= 15 is 0 Å². The third-order valence-electron chi connectivity index (χ3n) is 4.40. The van der Waals surface area contributed by atoms with Gasteiger partial charge in [-0.05, 0) is 36.2 Å². The first kappa shape index (κ1) is 18.6. The Kier molecular flexibility index (Phi) is 5.15. The van der Waals surface area contributed by atoms with E-state index in [1.165, 1.54) is 0 Å². The van der Waals surface area contributed by atoms with E-state index in [1.54, 1.807) is 9.20 Å². The van der Waals surface area contributed by atoms with Crippen molar-refractivity contribution in [2.75, 3.05) is 5.32 Å². The van der Waals surface area contributed by atoms with Crippen molar-refractivity contribution >= 4 is 35.5 Å². The molecule has 9 heteroatoms. The molecule has 0 bridgehead atoms. The highest BCUT2D eigenvalue weighted by atomic mass is 35.5. The molecule has 0 saturated carbocycles. The van der Waals surface area contributed by atoms with Crippen LogP contribution in [0.1, 0.15) is 24.6 Å². The van der Waals surface area contributed by atoms with Gasteiger partial charge in [0, 0.05) is 36.1 Å². The van der Waals surface area contributed by atoms with Crippen LogP contribution < -0.4 is 5.32 Å². The number of fused-ring (bicyclic) bond motifs is 1. The molecule has 3 aromatic heterocycles. The van der Waals surface area contributed by atoms with Crippen molar-refractivity contribution < 1.29 is 0 Å². The maximum absolute atomic E-state index is 6.38. The van der Waals surface area contributed by atoms with Gasteiger partial charge in [-0.25, -0.2) is 0 Å². The molecule has 4 rings (SSSR count). The van der Waals surface area contributed by atoms with E-state index < -0.39 is 0 Å². The number of aromatic nitrogens is 6. The van der Waals surface area contributed by atoms with E-state index in [2.05, 4.69) is 32.4 Å². The number of aromatic amines is 1. The molecule has 0 aliphatic heterocycles. The van der Waals surface area contributed by atoms with Crippen LogP contribution in [-0.4, -0.2) is 29.4 Å². The average Bonchev–Trinajstić information content (AvgIpc) is 3.28. The van der Waals surface area contributed by atoms with Crippen molar-refractivity contribution in [3.05, 3.63) is 57.4 Å². The van der Waals surface area contributed by atoms with E-state index in [9.17, 15) is 0 Å². The molecule has 28 heavy (non-hydrogen) atoms. The van der Waals surface area contributed by atoms with Gasteiger partial charge >= 0.3 is 0 Å². The van der Waals surface area contributed by atoms with Crippen molar-refractivity contribution in [1.82, 2.24) is 29.4 Å². The van der Waals surface area contributed by atoms with Crippen LogP contribution in [0.4, 0.5) is 5.95 Å². The van der Waals surface area contributed by atoms with Crippen molar-refractivity contribution in [2.45, 2.75) is 26.3 Å². The third-order valence-corrected chi connectivity index (χ3v) is 5.06. The summed E-state index contributed by atoms with van der Waals surface area (Å²) in [6.45, 7) is 2.62. The Bertz CT molecular complexity index is 1190. The molecule has 2 N–H and O–H groups in total. The molecule has 1 aromatic carbocycles. The van der Waals surface area contributed by atoms with E-state index in [4.69, 9.17) is 23.8 Å². The largest absolute Gasteiger partial charge is 0.349 e. The summed E-state index contributed by atoms with van der Waals surface area (Å²) in [6.07, 6.45) is 3.87. The molecule has 7 nitrogen and oxygen atoms in total. The molecule has 0 unspecified atom stereocenters. The van der Waals surface area contributed by atoms with Crippen molar-refractivity contribution in [2.24, 2.45) is 7.05 Å². The Morgan fingerprint density at radius 3 is 2.82 bits per heavy atom. The summed E-state index contributed by atoms with van der Waals surface area (Å²) in [5, 5.41) is 12.8. The Hall–Kier alpha value is -2.71. The fourth-order valence-electron chi connectivity index (χ4n) is 3.03. The highest BCUT2D eigenvalue weighted by Gasteiger charge is 2.09. The first-order valence-corrected chi connectivity index (χ1v) is 9.83. The van der Waals surface area contributed by atoms with Crippen LogP contribution in [0.3, 0.4) is 0 Å². The van der Waals surface area contributed by atoms with Gasteiger partial charge in [0.25, 0.3) is 0 Å². The summed E-state index contributed by atoms with van der Waals surface area (Å²) >= 11 is 11.8. The zero-order valence-corrected chi connectivity index (χ0v) is 17.2. The smallest absolute Gasteiger partial charge is 0.244 e. The van der Waals surface area contributed by atoms with E-state index in [-0.39, 0.29) is 0 Å². The van der Waals surface area contributed by atoms with E-state index in [1.807, 2.05) is 43.6 Å². The summed E-state index contributed by atoms with van der Waals surface area (Å²) in [6, 6.07) is 9.77. The zero-order valence-electron chi connectivity index (χ0n) is 15.6. The van der Waals surface area contributed by atoms with Gasteiger partial charge in [-0.2, -0.15) is 14.6 Å². The minimum absolute atomic E-state index is 0.491. The van der Waals surface area contributed by atoms with Crippen LogP contribution in [0.15, 0.2) is 36.5 Å². The number of nitrogens with zero attached hydrogens (tertiary/aromatic N) is 5. The number of aryl methyl sites for hydroxylation is 2. The number of H-pyrrole nitrogens is 1. The predicted molar refractivity (Wildman–Crippen MR) is 113 cm³/mol. The number of hydrogen-bond donors (Lipinski definition) is 2. The topological polar surface area (TPSA) is 75.8 Å². The predicted octanol–water partition coefficient (Wildman–Crippen LogP) is 4.41. The minimum Gasteiger partial charge on any atom is -0.349 e. The van der Waals surface area contributed by atoms with Gasteiger partial charge in [0.1, 0.15) is 4.64 Å². The standard InChI is InChI=1S/C19H20ClN7S/c1-3-4-14-10-17(28)27-19(22-14)23-18(25-27)21-11-13-9-12(5-6-15(13)20)16-7-8-26(2)24-16/h5-10H,3-4,11H2,1-2H3,(H2,21,22,23,25). The molecular formula is C19H20ClN7S. The van der Waals surface area contributed by atoms with Gasteiger partial charge < -0.3 is 10.3 Å². The van der Waals surface area contributed by atoms with Gasteiger partial charge in [0.05, 0.1) is 5.69 Å². The Morgan fingerprint density at radius 2 is 2.07 bits per heavy atom. The summed E-state index contributed by atoms with van der Waals surface area (Å²) in [4.78, 5) is 7.78. The fraction of sp³-hybridized carbons (Fsp3) is 0.263. The lowest BCUT2D eigenvalue weighted by Gasteiger charge is -2.07. The van der Waals surface area contributed by atoms with Crippen LogP contribution in [-0.2, 0) is 20.0 Å². The van der Waals surface area contributed by atoms with Gasteiger partial charge in [-0.1, -0.05) is 43.2 Å². The van der Waals surface area contributed by atoms with Crippen LogP contribution in [0.25, 0.3) is 17.0 Å². The molecule has 0 spiro atoms. The SMILES string of the molecule is CCCc1cc(=S)n2nc(NCc3cc(-c4ccn(C)n4)ccc3Cl)nc2[nH]1. The fourth-order valence-corrected chi connectivity index (χ4v) is 3.48. The zero-order chi connectivity index (χ0) is 19.7. The second-order valence-electron chi connectivity index (χ2n) is 6.59. The first-order valence-electron chi connectivity index (χ1n) is 9.05. The molecule has 144 valence electrons. The summed E-state index contributed by atoms with van der Waals surface area (Å²) in [7, 11) is 1.90. The first-order chi connectivity index (χ1) is 13.5. The third kappa shape index (κ3) is 3.79. The van der Waals surface area contributed by atoms with Crippen molar-refractivity contribution in [1.29, 1.82) is 0 Å². The highest BCUT2D eigenvalue weighted by molar-refractivity contribution is 7.71. The van der Waals surface area contributed by atoms with Gasteiger partial charge in [-0.15, -0.1) is 5.10 Å². The molecule has 0 aliphatic carbocycles. The number of halogens is 1. The maximum Gasteiger partial charge on any atom is 0.244 e. The second-order valence-corrected chi connectivity index (χ2v) is 7.41. The molecular weight excluding hydrogens is 394 g/mol. The lowest BCUT2D eigenvalue weighted by atomic mass is 10.1. The van der Waals surface area contributed by atoms with Gasteiger partial charge in [0.15, 0.2) is 0 Å². The lowest BCUT2D eigenvalue weighted by molar-refractivity contribution is 0.771. The number of anilines is 1. The molecule has 0 aliphatic rings. The summed E-state index contributed by atoms with van der Waals surface area (Å²) in [5.41, 5.74) is 3.92. The molecule has 0 fully saturated rings.